The van der Waals surface area contributed by atoms with Crippen molar-refractivity contribution in [3.05, 3.63) is 52.8 Å². The minimum Gasteiger partial charge on any atom is -0.306 e. The predicted molar refractivity (Wildman–Crippen MR) is 83.7 cm³/mol. The van der Waals surface area contributed by atoms with Crippen LogP contribution < -0.4 is 5.32 Å². The van der Waals surface area contributed by atoms with Crippen LogP contribution in [0.3, 0.4) is 0 Å². The second kappa shape index (κ2) is 6.23. The van der Waals surface area contributed by atoms with E-state index in [4.69, 9.17) is 0 Å². The van der Waals surface area contributed by atoms with E-state index in [2.05, 4.69) is 62.4 Å². The Kier molecular flexibility index (Phi) is 4.61. The Labute approximate surface area is 122 Å². The summed E-state index contributed by atoms with van der Waals surface area (Å²) in [6, 6.07) is 9.25. The molecule has 0 saturated carbocycles. The van der Waals surface area contributed by atoms with Gasteiger partial charge in [-0.05, 0) is 30.9 Å². The van der Waals surface area contributed by atoms with Crippen molar-refractivity contribution in [1.29, 1.82) is 0 Å². The van der Waals surface area contributed by atoms with Crippen molar-refractivity contribution in [3.8, 4) is 0 Å². The molecule has 0 amide bonds. The molecule has 1 aromatic heterocycles. The molecule has 108 valence electrons. The van der Waals surface area contributed by atoms with Gasteiger partial charge in [0.2, 0.25) is 0 Å². The predicted octanol–water partition coefficient (Wildman–Crippen LogP) is 3.70. The molecule has 0 radical (unpaired) electrons. The second-order valence-electron chi connectivity index (χ2n) is 5.80. The van der Waals surface area contributed by atoms with E-state index < -0.39 is 0 Å². The van der Waals surface area contributed by atoms with Gasteiger partial charge in [-0.15, -0.1) is 0 Å². The van der Waals surface area contributed by atoms with Crippen molar-refractivity contribution in [2.75, 3.05) is 0 Å². The number of aryl methyl sites for hydroxylation is 1. The number of benzene rings is 1. The fraction of sp³-hybridized carbons (Fsp3) is 0.471. The molecule has 0 aliphatic rings. The highest BCUT2D eigenvalue weighted by molar-refractivity contribution is 5.26. The van der Waals surface area contributed by atoms with E-state index >= 15 is 0 Å². The third kappa shape index (κ3) is 3.28. The number of hydrogen-bond acceptors (Lipinski definition) is 2. The van der Waals surface area contributed by atoms with E-state index in [1.807, 2.05) is 17.9 Å². The van der Waals surface area contributed by atoms with Crippen LogP contribution in [0.1, 0.15) is 55.1 Å². The molecule has 20 heavy (non-hydrogen) atoms. The zero-order valence-electron chi connectivity index (χ0n) is 13.1. The van der Waals surface area contributed by atoms with Crippen LogP contribution in [0.15, 0.2) is 30.5 Å². The van der Waals surface area contributed by atoms with Gasteiger partial charge >= 0.3 is 0 Å². The highest BCUT2D eigenvalue weighted by Crippen LogP contribution is 2.19. The number of aromatic nitrogens is 2. The molecular weight excluding hydrogens is 246 g/mol. The monoisotopic (exact) mass is 271 g/mol. The second-order valence-corrected chi connectivity index (χ2v) is 5.80. The van der Waals surface area contributed by atoms with Gasteiger partial charge in [-0.3, -0.25) is 4.68 Å². The van der Waals surface area contributed by atoms with Crippen LogP contribution >= 0.6 is 0 Å². The van der Waals surface area contributed by atoms with E-state index in [-0.39, 0.29) is 0 Å². The highest BCUT2D eigenvalue weighted by atomic mass is 15.3. The SMILES string of the molecule is Cc1c(CNC(C)c2ccc(C(C)C)cc2)cnn1C. The minimum atomic E-state index is 0.343. The first-order valence-corrected chi connectivity index (χ1v) is 7.29. The molecule has 0 bridgehead atoms. The van der Waals surface area contributed by atoms with Crippen LogP contribution in [0.5, 0.6) is 0 Å². The summed E-state index contributed by atoms with van der Waals surface area (Å²) in [6.45, 7) is 9.61. The van der Waals surface area contributed by atoms with E-state index in [1.54, 1.807) is 0 Å². The fourth-order valence-corrected chi connectivity index (χ4v) is 2.27. The van der Waals surface area contributed by atoms with E-state index in [0.717, 1.165) is 6.54 Å². The number of nitrogens with zero attached hydrogens (tertiary/aromatic N) is 2. The first kappa shape index (κ1) is 14.8. The summed E-state index contributed by atoms with van der Waals surface area (Å²) < 4.78 is 1.92. The topological polar surface area (TPSA) is 29.9 Å². The molecule has 0 fully saturated rings. The van der Waals surface area contributed by atoms with Crippen LogP contribution in [-0.2, 0) is 13.6 Å². The molecule has 3 nitrogen and oxygen atoms in total. The first-order chi connectivity index (χ1) is 9.49. The van der Waals surface area contributed by atoms with Crippen LogP contribution in [0.2, 0.25) is 0 Å². The zero-order valence-corrected chi connectivity index (χ0v) is 13.1. The lowest BCUT2D eigenvalue weighted by Crippen LogP contribution is -2.18. The summed E-state index contributed by atoms with van der Waals surface area (Å²) in [7, 11) is 1.98. The third-order valence-corrected chi connectivity index (χ3v) is 4.04. The molecule has 0 aliphatic carbocycles. The van der Waals surface area contributed by atoms with Crippen LogP contribution in [0, 0.1) is 6.92 Å². The van der Waals surface area contributed by atoms with Gasteiger partial charge in [-0.25, -0.2) is 0 Å². The van der Waals surface area contributed by atoms with Crippen molar-refractivity contribution >= 4 is 0 Å². The van der Waals surface area contributed by atoms with Crippen molar-refractivity contribution < 1.29 is 0 Å². The minimum absolute atomic E-state index is 0.343. The van der Waals surface area contributed by atoms with Gasteiger partial charge in [-0.1, -0.05) is 38.1 Å². The summed E-state index contributed by atoms with van der Waals surface area (Å²) >= 11 is 0. The normalized spacial score (nSPS) is 12.9. The molecule has 2 aromatic rings. The van der Waals surface area contributed by atoms with Gasteiger partial charge in [0.1, 0.15) is 0 Å². The molecule has 0 saturated heterocycles. The van der Waals surface area contributed by atoms with Crippen LogP contribution in [0.25, 0.3) is 0 Å². The van der Waals surface area contributed by atoms with Gasteiger partial charge in [0.05, 0.1) is 6.20 Å². The number of nitrogens with one attached hydrogen (secondary N) is 1. The Morgan fingerprint density at radius 3 is 2.20 bits per heavy atom. The fourth-order valence-electron chi connectivity index (χ4n) is 2.27. The van der Waals surface area contributed by atoms with Crippen LogP contribution in [-0.4, -0.2) is 9.78 Å². The van der Waals surface area contributed by atoms with Crippen molar-refractivity contribution in [1.82, 2.24) is 15.1 Å². The molecule has 1 heterocycles. The Bertz CT molecular complexity index is 552. The Morgan fingerprint density at radius 1 is 1.10 bits per heavy atom. The lowest BCUT2D eigenvalue weighted by atomic mass is 9.99. The summed E-state index contributed by atoms with van der Waals surface area (Å²) in [5.74, 6) is 0.588. The maximum absolute atomic E-state index is 4.27. The van der Waals surface area contributed by atoms with Gasteiger partial charge < -0.3 is 5.32 Å². The number of rotatable bonds is 5. The Morgan fingerprint density at radius 2 is 1.70 bits per heavy atom. The van der Waals surface area contributed by atoms with Crippen molar-refractivity contribution in [3.63, 3.8) is 0 Å². The van der Waals surface area contributed by atoms with Gasteiger partial charge in [0.15, 0.2) is 0 Å². The van der Waals surface area contributed by atoms with Gasteiger partial charge in [0.25, 0.3) is 0 Å². The Hall–Kier alpha value is -1.61. The molecule has 2 rings (SSSR count). The molecule has 1 atom stereocenters. The van der Waals surface area contributed by atoms with Gasteiger partial charge in [0, 0.05) is 30.9 Å². The first-order valence-electron chi connectivity index (χ1n) is 7.29. The average Bonchev–Trinajstić information content (AvgIpc) is 2.76. The molecule has 1 unspecified atom stereocenters. The smallest absolute Gasteiger partial charge is 0.0537 e. The maximum atomic E-state index is 4.27. The molecule has 0 aliphatic heterocycles. The molecule has 0 spiro atoms. The molecule has 1 aromatic carbocycles. The lowest BCUT2D eigenvalue weighted by molar-refractivity contribution is 0.572. The van der Waals surface area contributed by atoms with Crippen molar-refractivity contribution in [2.45, 2.75) is 46.2 Å². The summed E-state index contributed by atoms with van der Waals surface area (Å²) in [4.78, 5) is 0. The van der Waals surface area contributed by atoms with E-state index in [0.29, 0.717) is 12.0 Å². The summed E-state index contributed by atoms with van der Waals surface area (Å²) in [6.07, 6.45) is 1.94. The van der Waals surface area contributed by atoms with Crippen molar-refractivity contribution in [2.24, 2.45) is 7.05 Å². The highest BCUT2D eigenvalue weighted by Gasteiger charge is 2.08. The third-order valence-electron chi connectivity index (χ3n) is 4.04. The van der Waals surface area contributed by atoms with Gasteiger partial charge in [-0.2, -0.15) is 5.10 Å². The zero-order chi connectivity index (χ0) is 14.7. The lowest BCUT2D eigenvalue weighted by Gasteiger charge is -2.15. The molecular formula is C17H25N3. The molecule has 1 N–H and O–H groups in total. The standard InChI is InChI=1S/C17H25N3/c1-12(2)15-6-8-16(9-7-15)13(3)18-10-17-11-19-20(5)14(17)4/h6-9,11-13,18H,10H2,1-5H3. The van der Waals surface area contributed by atoms with E-state index in [1.165, 1.54) is 22.4 Å². The number of hydrogen-bond donors (Lipinski definition) is 1. The average molecular weight is 271 g/mol. The molecule has 3 heteroatoms. The quantitative estimate of drug-likeness (QED) is 0.898. The largest absolute Gasteiger partial charge is 0.306 e. The van der Waals surface area contributed by atoms with Crippen LogP contribution in [0.4, 0.5) is 0 Å². The summed E-state index contributed by atoms with van der Waals surface area (Å²) in [5, 5.41) is 7.84. The Balaban J connectivity index is 1.98. The van der Waals surface area contributed by atoms with E-state index in [9.17, 15) is 0 Å². The maximum Gasteiger partial charge on any atom is 0.0537 e. The summed E-state index contributed by atoms with van der Waals surface area (Å²) in [5.41, 5.74) is 5.21.